The number of nitrogens with zero attached hydrogens (tertiary/aromatic N) is 6. The number of tetrazole rings is 1. The second-order valence-electron chi connectivity index (χ2n) is 7.49. The molecule has 5 rings (SSSR count). The van der Waals surface area contributed by atoms with Crippen LogP contribution in [0.1, 0.15) is 25.7 Å². The molecule has 1 aromatic carbocycles. The molecule has 2 heterocycles. The minimum Gasteiger partial charge on any atom is -0.337 e. The Kier molecular flexibility index (Phi) is 3.51. The Balaban J connectivity index is 1.29. The molecule has 0 amide bonds. The van der Waals surface area contributed by atoms with Gasteiger partial charge in [-0.25, -0.2) is 0 Å². The standard InChI is InChI=1S/C18H24N6/c1-2-4-16(5-3-1)24-18(19-20-21-24)23-10-8-22(9-11-23)17-13-14-6-7-15(17)12-14/h1-5,14-15,17H,6-13H2. The highest BCUT2D eigenvalue weighted by molar-refractivity contribution is 5.40. The summed E-state index contributed by atoms with van der Waals surface area (Å²) in [6.45, 7) is 4.30. The summed E-state index contributed by atoms with van der Waals surface area (Å²) in [6, 6.07) is 11.0. The Bertz CT molecular complexity index is 691. The molecule has 6 heteroatoms. The van der Waals surface area contributed by atoms with Gasteiger partial charge in [0.05, 0.1) is 5.69 Å². The van der Waals surface area contributed by atoms with Crippen LogP contribution in [0, 0.1) is 11.8 Å². The van der Waals surface area contributed by atoms with Gasteiger partial charge in [0.2, 0.25) is 5.95 Å². The summed E-state index contributed by atoms with van der Waals surface area (Å²) in [5.74, 6) is 2.85. The summed E-state index contributed by atoms with van der Waals surface area (Å²) in [5, 5.41) is 12.4. The number of anilines is 1. The Morgan fingerprint density at radius 3 is 2.46 bits per heavy atom. The lowest BCUT2D eigenvalue weighted by atomic mass is 9.93. The number of para-hydroxylation sites is 1. The van der Waals surface area contributed by atoms with Crippen LogP contribution < -0.4 is 4.90 Å². The van der Waals surface area contributed by atoms with Crippen molar-refractivity contribution in [3.8, 4) is 5.69 Å². The van der Waals surface area contributed by atoms with E-state index in [0.29, 0.717) is 0 Å². The molecule has 0 spiro atoms. The highest BCUT2D eigenvalue weighted by Gasteiger charge is 2.42. The predicted octanol–water partition coefficient (Wildman–Crippen LogP) is 1.97. The second-order valence-corrected chi connectivity index (χ2v) is 7.49. The first-order valence-corrected chi connectivity index (χ1v) is 9.21. The predicted molar refractivity (Wildman–Crippen MR) is 92.2 cm³/mol. The summed E-state index contributed by atoms with van der Waals surface area (Å²) in [6.07, 6.45) is 5.86. The number of fused-ring (bicyclic) bond motifs is 2. The smallest absolute Gasteiger partial charge is 0.250 e. The first kappa shape index (κ1) is 14.4. The Labute approximate surface area is 142 Å². The fourth-order valence-corrected chi connectivity index (χ4v) is 5.03. The van der Waals surface area contributed by atoms with Crippen LogP contribution in [0.2, 0.25) is 0 Å². The molecule has 2 aromatic rings. The average Bonchev–Trinajstić information content (AvgIpc) is 3.39. The molecule has 1 aliphatic heterocycles. The molecule has 24 heavy (non-hydrogen) atoms. The Morgan fingerprint density at radius 1 is 0.917 bits per heavy atom. The number of piperazine rings is 1. The van der Waals surface area contributed by atoms with Gasteiger partial charge in [0.15, 0.2) is 0 Å². The van der Waals surface area contributed by atoms with Crippen LogP contribution in [0.3, 0.4) is 0 Å². The fourth-order valence-electron chi connectivity index (χ4n) is 5.03. The van der Waals surface area contributed by atoms with Gasteiger partial charge in [-0.15, -0.1) is 0 Å². The number of aromatic nitrogens is 4. The molecule has 3 aliphatic rings. The van der Waals surface area contributed by atoms with Crippen LogP contribution in [0.15, 0.2) is 30.3 Å². The van der Waals surface area contributed by atoms with Crippen LogP contribution in [0.25, 0.3) is 5.69 Å². The molecule has 3 atom stereocenters. The molecule has 3 fully saturated rings. The molecule has 1 aromatic heterocycles. The van der Waals surface area contributed by atoms with E-state index < -0.39 is 0 Å². The average molecular weight is 324 g/mol. The van der Waals surface area contributed by atoms with E-state index in [1.54, 1.807) is 0 Å². The van der Waals surface area contributed by atoms with Gasteiger partial charge in [-0.1, -0.05) is 29.7 Å². The largest absolute Gasteiger partial charge is 0.337 e. The van der Waals surface area contributed by atoms with Crippen molar-refractivity contribution >= 4 is 5.95 Å². The van der Waals surface area contributed by atoms with Crippen LogP contribution in [0.4, 0.5) is 5.95 Å². The quantitative estimate of drug-likeness (QED) is 0.864. The minimum atomic E-state index is 0.844. The molecule has 6 nitrogen and oxygen atoms in total. The SMILES string of the molecule is c1ccc(-n2nnnc2N2CCN(C3CC4CCC3C4)CC2)cc1. The molecule has 3 unspecified atom stereocenters. The van der Waals surface area contributed by atoms with Gasteiger partial charge in [0, 0.05) is 32.2 Å². The maximum Gasteiger partial charge on any atom is 0.250 e. The van der Waals surface area contributed by atoms with E-state index >= 15 is 0 Å². The van der Waals surface area contributed by atoms with Crippen molar-refractivity contribution in [2.75, 3.05) is 31.1 Å². The maximum atomic E-state index is 4.29. The van der Waals surface area contributed by atoms with Crippen LogP contribution >= 0.6 is 0 Å². The van der Waals surface area contributed by atoms with Crippen LogP contribution in [-0.2, 0) is 0 Å². The van der Waals surface area contributed by atoms with Crippen molar-refractivity contribution < 1.29 is 0 Å². The number of benzene rings is 1. The fraction of sp³-hybridized carbons (Fsp3) is 0.611. The van der Waals surface area contributed by atoms with E-state index in [-0.39, 0.29) is 0 Å². The van der Waals surface area contributed by atoms with Gasteiger partial charge < -0.3 is 4.90 Å². The molecule has 0 radical (unpaired) electrons. The molecule has 1 saturated heterocycles. The summed E-state index contributed by atoms with van der Waals surface area (Å²) >= 11 is 0. The van der Waals surface area contributed by atoms with E-state index in [1.165, 1.54) is 25.7 Å². The topological polar surface area (TPSA) is 50.1 Å². The zero-order chi connectivity index (χ0) is 15.9. The summed E-state index contributed by atoms with van der Waals surface area (Å²) < 4.78 is 1.85. The molecular weight excluding hydrogens is 300 g/mol. The second kappa shape index (κ2) is 5.84. The van der Waals surface area contributed by atoms with Crippen molar-refractivity contribution in [3.63, 3.8) is 0 Å². The van der Waals surface area contributed by atoms with Gasteiger partial charge in [-0.2, -0.15) is 4.68 Å². The first-order chi connectivity index (χ1) is 11.9. The van der Waals surface area contributed by atoms with Crippen molar-refractivity contribution in [2.45, 2.75) is 31.7 Å². The Hall–Kier alpha value is -1.95. The molecule has 0 N–H and O–H groups in total. The lowest BCUT2D eigenvalue weighted by Crippen LogP contribution is -2.52. The maximum absolute atomic E-state index is 4.29. The minimum absolute atomic E-state index is 0.844. The number of hydrogen-bond acceptors (Lipinski definition) is 5. The zero-order valence-corrected chi connectivity index (χ0v) is 14.0. The highest BCUT2D eigenvalue weighted by atomic mass is 15.6. The van der Waals surface area contributed by atoms with Crippen molar-refractivity contribution in [1.29, 1.82) is 0 Å². The van der Waals surface area contributed by atoms with Gasteiger partial charge in [0.1, 0.15) is 0 Å². The van der Waals surface area contributed by atoms with Gasteiger partial charge in [0.25, 0.3) is 0 Å². The van der Waals surface area contributed by atoms with E-state index in [4.69, 9.17) is 0 Å². The van der Waals surface area contributed by atoms with Gasteiger partial charge >= 0.3 is 0 Å². The third-order valence-corrected chi connectivity index (χ3v) is 6.22. The van der Waals surface area contributed by atoms with Crippen molar-refractivity contribution in [3.05, 3.63) is 30.3 Å². The molecule has 2 saturated carbocycles. The summed E-state index contributed by atoms with van der Waals surface area (Å²) in [7, 11) is 0. The van der Waals surface area contributed by atoms with E-state index in [9.17, 15) is 0 Å². The lowest BCUT2D eigenvalue weighted by molar-refractivity contribution is 0.134. The van der Waals surface area contributed by atoms with E-state index in [0.717, 1.165) is 55.7 Å². The third-order valence-electron chi connectivity index (χ3n) is 6.22. The van der Waals surface area contributed by atoms with Crippen molar-refractivity contribution in [1.82, 2.24) is 25.1 Å². The summed E-state index contributed by atoms with van der Waals surface area (Å²) in [5.41, 5.74) is 1.02. The van der Waals surface area contributed by atoms with Gasteiger partial charge in [-0.3, -0.25) is 4.90 Å². The molecule has 126 valence electrons. The normalized spacial score (nSPS) is 30.2. The first-order valence-electron chi connectivity index (χ1n) is 9.21. The summed E-state index contributed by atoms with van der Waals surface area (Å²) in [4.78, 5) is 5.06. The van der Waals surface area contributed by atoms with Crippen LogP contribution in [-0.4, -0.2) is 57.3 Å². The monoisotopic (exact) mass is 324 g/mol. The highest BCUT2D eigenvalue weighted by Crippen LogP contribution is 2.46. The van der Waals surface area contributed by atoms with Gasteiger partial charge in [-0.05, 0) is 53.7 Å². The van der Waals surface area contributed by atoms with Crippen molar-refractivity contribution in [2.24, 2.45) is 11.8 Å². The lowest BCUT2D eigenvalue weighted by Gasteiger charge is -2.41. The Morgan fingerprint density at radius 2 is 1.75 bits per heavy atom. The molecular formula is C18H24N6. The zero-order valence-electron chi connectivity index (χ0n) is 14.0. The van der Waals surface area contributed by atoms with Crippen LogP contribution in [0.5, 0.6) is 0 Å². The third kappa shape index (κ3) is 2.40. The van der Waals surface area contributed by atoms with E-state index in [1.807, 2.05) is 35.0 Å². The number of rotatable bonds is 3. The molecule has 2 bridgehead atoms. The van der Waals surface area contributed by atoms with E-state index in [2.05, 4.69) is 25.3 Å². The molecule has 2 aliphatic carbocycles. The number of hydrogen-bond donors (Lipinski definition) is 0.